The number of aromatic nitrogens is 2. The van der Waals surface area contributed by atoms with E-state index in [2.05, 4.69) is 9.97 Å². The van der Waals surface area contributed by atoms with Crippen LogP contribution in [0.15, 0.2) is 36.7 Å². The van der Waals surface area contributed by atoms with Crippen molar-refractivity contribution in [2.45, 2.75) is 13.0 Å². The maximum absolute atomic E-state index is 13.8. The molecule has 3 rings (SSSR count). The second-order valence-electron chi connectivity index (χ2n) is 6.31. The molecule has 0 saturated carbocycles. The van der Waals surface area contributed by atoms with Crippen molar-refractivity contribution in [3.8, 4) is 0 Å². The second-order valence-corrected chi connectivity index (χ2v) is 6.31. The number of nitrogens with zero attached hydrogens (tertiary/aromatic N) is 4. The summed E-state index contributed by atoms with van der Waals surface area (Å²) in [6, 6.07) is 5.03. The molecule has 1 aliphatic rings. The van der Waals surface area contributed by atoms with Gasteiger partial charge >= 0.3 is 0 Å². The van der Waals surface area contributed by atoms with Crippen molar-refractivity contribution in [1.82, 2.24) is 14.9 Å². The number of benzene rings is 1. The Morgan fingerprint density at radius 3 is 2.54 bits per heavy atom. The first-order valence-corrected chi connectivity index (χ1v) is 8.62. The molecule has 1 aromatic carbocycles. The average Bonchev–Trinajstić information content (AvgIpc) is 2.66. The first-order chi connectivity index (χ1) is 12.5. The molecule has 0 bridgehead atoms. The minimum Gasteiger partial charge on any atom is -0.337 e. The summed E-state index contributed by atoms with van der Waals surface area (Å²) in [6.07, 6.45) is 3.40. The largest absolute Gasteiger partial charge is 0.337 e. The lowest BCUT2D eigenvalue weighted by atomic mass is 10.1. The fourth-order valence-electron chi connectivity index (χ4n) is 3.01. The molecule has 0 spiro atoms. The lowest BCUT2D eigenvalue weighted by Gasteiger charge is -2.34. The van der Waals surface area contributed by atoms with Gasteiger partial charge in [-0.2, -0.15) is 0 Å². The van der Waals surface area contributed by atoms with E-state index in [-0.39, 0.29) is 18.5 Å². The summed E-state index contributed by atoms with van der Waals surface area (Å²) >= 11 is 0. The normalized spacial score (nSPS) is 15.8. The Labute approximate surface area is 150 Å². The monoisotopic (exact) mass is 362 g/mol. The van der Waals surface area contributed by atoms with Crippen LogP contribution in [0.2, 0.25) is 0 Å². The Kier molecular flexibility index (Phi) is 5.72. The maximum Gasteiger partial charge on any atom is 0.277 e. The Hall–Kier alpha value is -2.61. The molecule has 1 atom stereocenters. The summed E-state index contributed by atoms with van der Waals surface area (Å²) in [5.74, 6) is -0.507. The third-order valence-electron chi connectivity index (χ3n) is 4.57. The van der Waals surface area contributed by atoms with E-state index < -0.39 is 11.6 Å². The number of hydrogen-bond donors (Lipinski definition) is 1. The summed E-state index contributed by atoms with van der Waals surface area (Å²) in [5, 5.41) is 1.77. The van der Waals surface area contributed by atoms with Crippen molar-refractivity contribution in [3.05, 3.63) is 53.9 Å². The molecule has 1 aromatic heterocycles. The average molecular weight is 362 g/mol. The lowest BCUT2D eigenvalue weighted by Crippen LogP contribution is -2.87. The van der Waals surface area contributed by atoms with E-state index in [1.165, 1.54) is 12.1 Å². The van der Waals surface area contributed by atoms with Crippen LogP contribution in [0.1, 0.15) is 18.5 Å². The van der Waals surface area contributed by atoms with Gasteiger partial charge in [-0.05, 0) is 25.1 Å². The molecular weight excluding hydrogens is 340 g/mol. The van der Waals surface area contributed by atoms with Crippen molar-refractivity contribution >= 4 is 11.9 Å². The lowest BCUT2D eigenvalue weighted by molar-refractivity contribution is -0.683. The molecule has 0 unspecified atom stereocenters. The number of amides is 1. The standard InChI is InChI=1S/C18H21F2N5O/c1-13(15-4-3-14(19)11-16(15)20)23-12-17(26)24-7-9-25(10-8-24)18-21-5-2-6-22-18/h2-6,11,13,23H,7-10,12H2,1H3/p+1/t13-/m0/s1. The minimum absolute atomic E-state index is 0.00741. The number of rotatable bonds is 5. The van der Waals surface area contributed by atoms with Gasteiger partial charge in [0.25, 0.3) is 5.91 Å². The van der Waals surface area contributed by atoms with Gasteiger partial charge in [0.15, 0.2) is 6.54 Å². The number of carbonyl (C=O) groups excluding carboxylic acids is 1. The summed E-state index contributed by atoms with van der Waals surface area (Å²) < 4.78 is 26.8. The molecule has 1 amide bonds. The fourth-order valence-corrected chi connectivity index (χ4v) is 3.01. The number of anilines is 1. The van der Waals surface area contributed by atoms with Crippen LogP contribution in [0.4, 0.5) is 14.7 Å². The van der Waals surface area contributed by atoms with Gasteiger partial charge in [-0.25, -0.2) is 18.7 Å². The van der Waals surface area contributed by atoms with Gasteiger partial charge in [-0.15, -0.1) is 0 Å². The fraction of sp³-hybridized carbons (Fsp3) is 0.389. The van der Waals surface area contributed by atoms with Crippen LogP contribution >= 0.6 is 0 Å². The summed E-state index contributed by atoms with van der Waals surface area (Å²) in [5.41, 5.74) is 0.394. The molecule has 1 aliphatic heterocycles. The van der Waals surface area contributed by atoms with Crippen LogP contribution in [0.3, 0.4) is 0 Å². The summed E-state index contributed by atoms with van der Waals surface area (Å²) in [6.45, 7) is 4.58. The topological polar surface area (TPSA) is 65.9 Å². The van der Waals surface area contributed by atoms with E-state index in [9.17, 15) is 13.6 Å². The van der Waals surface area contributed by atoms with Gasteiger partial charge in [0.2, 0.25) is 5.95 Å². The van der Waals surface area contributed by atoms with Gasteiger partial charge in [-0.1, -0.05) is 0 Å². The third-order valence-corrected chi connectivity index (χ3v) is 4.57. The molecule has 6 nitrogen and oxygen atoms in total. The molecular formula is C18H22F2N5O+. The number of piperazine rings is 1. The SMILES string of the molecule is C[C@H]([NH2+]CC(=O)N1CCN(c2ncccn2)CC1)c1ccc(F)cc1F. The van der Waals surface area contributed by atoms with Gasteiger partial charge in [0.05, 0.1) is 0 Å². The zero-order valence-corrected chi connectivity index (χ0v) is 14.6. The van der Waals surface area contributed by atoms with Crippen LogP contribution < -0.4 is 10.2 Å². The van der Waals surface area contributed by atoms with E-state index >= 15 is 0 Å². The molecule has 0 aliphatic carbocycles. The van der Waals surface area contributed by atoms with Gasteiger partial charge < -0.3 is 15.1 Å². The van der Waals surface area contributed by atoms with Crippen molar-refractivity contribution < 1.29 is 18.9 Å². The van der Waals surface area contributed by atoms with Crippen molar-refractivity contribution in [1.29, 1.82) is 0 Å². The van der Waals surface area contributed by atoms with Crippen LogP contribution in [0.25, 0.3) is 0 Å². The molecule has 26 heavy (non-hydrogen) atoms. The van der Waals surface area contributed by atoms with Crippen LogP contribution in [0.5, 0.6) is 0 Å². The Morgan fingerprint density at radius 1 is 1.19 bits per heavy atom. The van der Waals surface area contributed by atoms with Gasteiger partial charge in [0, 0.05) is 50.2 Å². The van der Waals surface area contributed by atoms with E-state index in [0.717, 1.165) is 6.07 Å². The highest BCUT2D eigenvalue weighted by molar-refractivity contribution is 5.77. The van der Waals surface area contributed by atoms with E-state index in [0.29, 0.717) is 37.7 Å². The highest BCUT2D eigenvalue weighted by Gasteiger charge is 2.24. The molecule has 1 saturated heterocycles. The number of halogens is 2. The first-order valence-electron chi connectivity index (χ1n) is 8.62. The van der Waals surface area contributed by atoms with Gasteiger partial charge in [0.1, 0.15) is 17.7 Å². The van der Waals surface area contributed by atoms with Crippen LogP contribution in [0, 0.1) is 11.6 Å². The second kappa shape index (κ2) is 8.18. The number of quaternary nitrogens is 1. The third kappa shape index (κ3) is 4.32. The highest BCUT2D eigenvalue weighted by Crippen LogP contribution is 2.15. The Morgan fingerprint density at radius 2 is 1.88 bits per heavy atom. The molecule has 8 heteroatoms. The van der Waals surface area contributed by atoms with Crippen LogP contribution in [-0.4, -0.2) is 53.5 Å². The quantitative estimate of drug-likeness (QED) is 0.852. The predicted molar refractivity (Wildman–Crippen MR) is 92.4 cm³/mol. The van der Waals surface area contributed by atoms with Crippen molar-refractivity contribution in [2.24, 2.45) is 0 Å². The van der Waals surface area contributed by atoms with E-state index in [1.54, 1.807) is 35.6 Å². The maximum atomic E-state index is 13.8. The number of nitrogens with two attached hydrogens (primary N) is 1. The van der Waals surface area contributed by atoms with Crippen molar-refractivity contribution in [3.63, 3.8) is 0 Å². The summed E-state index contributed by atoms with van der Waals surface area (Å²) in [7, 11) is 0. The van der Waals surface area contributed by atoms with E-state index in [4.69, 9.17) is 0 Å². The van der Waals surface area contributed by atoms with E-state index in [1.807, 2.05) is 4.90 Å². The smallest absolute Gasteiger partial charge is 0.277 e. The zero-order valence-electron chi connectivity index (χ0n) is 14.6. The Bertz CT molecular complexity index is 751. The first kappa shape index (κ1) is 18.2. The summed E-state index contributed by atoms with van der Waals surface area (Å²) in [4.78, 5) is 24.7. The van der Waals surface area contributed by atoms with Crippen molar-refractivity contribution in [2.75, 3.05) is 37.6 Å². The predicted octanol–water partition coefficient (Wildman–Crippen LogP) is 0.728. The van der Waals surface area contributed by atoms with Gasteiger partial charge in [-0.3, -0.25) is 4.79 Å². The molecule has 1 fully saturated rings. The molecule has 138 valence electrons. The molecule has 2 N–H and O–H groups in total. The molecule has 0 radical (unpaired) electrons. The minimum atomic E-state index is -0.602. The molecule has 2 heterocycles. The number of carbonyl (C=O) groups is 1. The number of hydrogen-bond acceptors (Lipinski definition) is 4. The highest BCUT2D eigenvalue weighted by atomic mass is 19.1. The zero-order chi connectivity index (χ0) is 18.5. The molecule has 2 aromatic rings. The Balaban J connectivity index is 1.48. The van der Waals surface area contributed by atoms with Crippen LogP contribution in [-0.2, 0) is 4.79 Å².